The molecule has 0 bridgehead atoms. The Hall–Kier alpha value is -1.66. The number of nitrogens with one attached hydrogen (secondary N) is 1. The summed E-state index contributed by atoms with van der Waals surface area (Å²) >= 11 is 0. The maximum Gasteiger partial charge on any atom is 0.306 e. The molecule has 3 unspecified atom stereocenters. The first-order valence-electron chi connectivity index (χ1n) is 24.6. The molecule has 0 rings (SSSR count). The topological polar surface area (TPSA) is 95.9 Å². The van der Waals surface area contributed by atoms with Crippen molar-refractivity contribution in [3.8, 4) is 0 Å². The van der Waals surface area contributed by atoms with Gasteiger partial charge in [0.2, 0.25) is 5.91 Å². The highest BCUT2D eigenvalue weighted by Gasteiger charge is 2.23. The van der Waals surface area contributed by atoms with Crippen molar-refractivity contribution in [2.24, 2.45) is 0 Å². The molecule has 330 valence electrons. The quantitative estimate of drug-likeness (QED) is 0.0324. The minimum absolute atomic E-state index is 0.0236. The second-order valence-electron chi connectivity index (χ2n) is 16.9. The Morgan fingerprint density at radius 3 is 1.39 bits per heavy atom. The van der Waals surface area contributed by atoms with E-state index >= 15 is 0 Å². The van der Waals surface area contributed by atoms with Gasteiger partial charge >= 0.3 is 5.97 Å². The van der Waals surface area contributed by atoms with Crippen LogP contribution in [0.15, 0.2) is 24.3 Å². The second kappa shape index (κ2) is 44.4. The minimum Gasteiger partial charge on any atom is -0.458 e. The average Bonchev–Trinajstić information content (AvgIpc) is 3.19. The van der Waals surface area contributed by atoms with Gasteiger partial charge in [0.05, 0.1) is 25.2 Å². The first-order valence-corrected chi connectivity index (χ1v) is 24.6. The van der Waals surface area contributed by atoms with Crippen LogP contribution in [-0.2, 0) is 14.3 Å². The number of hydrogen-bond donors (Lipinski definition) is 3. The van der Waals surface area contributed by atoms with Crippen LogP contribution in [0.25, 0.3) is 0 Å². The summed E-state index contributed by atoms with van der Waals surface area (Å²) < 4.78 is 5.81. The summed E-state index contributed by atoms with van der Waals surface area (Å²) in [6.45, 7) is 6.44. The fraction of sp³-hybridized carbons (Fsp3) is 0.880. The molecule has 3 N–H and O–H groups in total. The third-order valence-corrected chi connectivity index (χ3v) is 11.3. The summed E-state index contributed by atoms with van der Waals surface area (Å²) in [4.78, 5) is 25.9. The van der Waals surface area contributed by atoms with E-state index in [1.807, 2.05) is 12.2 Å². The van der Waals surface area contributed by atoms with Crippen molar-refractivity contribution in [2.45, 2.75) is 277 Å². The molecule has 0 heterocycles. The molecule has 0 aliphatic rings. The number of carbonyl (C=O) groups excluding carboxylic acids is 2. The zero-order chi connectivity index (χ0) is 41.0. The number of carbonyl (C=O) groups is 2. The Morgan fingerprint density at radius 1 is 0.536 bits per heavy atom. The first kappa shape index (κ1) is 54.3. The molecule has 1 amide bonds. The van der Waals surface area contributed by atoms with E-state index in [0.717, 1.165) is 51.4 Å². The molecule has 0 aliphatic carbocycles. The first-order chi connectivity index (χ1) is 27.5. The van der Waals surface area contributed by atoms with E-state index in [0.29, 0.717) is 12.8 Å². The Morgan fingerprint density at radius 2 is 0.946 bits per heavy atom. The largest absolute Gasteiger partial charge is 0.458 e. The number of hydrogen-bond acceptors (Lipinski definition) is 5. The standard InChI is InChI=1S/C50H95NO5/c1-4-7-10-13-16-19-22-24-25-27-30-33-36-39-42-48(53)47(45-52)51-49(54)44-46(41-38-35-32-29-26-21-18-15-12-9-6-3)56-50(55)43-40-37-34-31-28-23-20-17-14-11-8-5-2/h29,32,38,41,46-48,52-53H,4-28,30-31,33-37,39-40,42-45H2,1-3H3,(H,51,54)/b32-29-,41-38+. The molecule has 0 aliphatic heterocycles. The lowest BCUT2D eigenvalue weighted by Crippen LogP contribution is -2.46. The van der Waals surface area contributed by atoms with E-state index in [1.54, 1.807) is 0 Å². The molecule has 0 spiro atoms. The number of amides is 1. The van der Waals surface area contributed by atoms with Crippen LogP contribution in [0.2, 0.25) is 0 Å². The lowest BCUT2D eigenvalue weighted by atomic mass is 10.0. The van der Waals surface area contributed by atoms with Gasteiger partial charge in [0.1, 0.15) is 6.10 Å². The van der Waals surface area contributed by atoms with Crippen LogP contribution >= 0.6 is 0 Å². The Bertz CT molecular complexity index is 889. The van der Waals surface area contributed by atoms with Gasteiger partial charge in [-0.3, -0.25) is 9.59 Å². The van der Waals surface area contributed by atoms with Crippen molar-refractivity contribution in [1.82, 2.24) is 5.32 Å². The van der Waals surface area contributed by atoms with Gasteiger partial charge in [0, 0.05) is 6.42 Å². The predicted octanol–water partition coefficient (Wildman–Crippen LogP) is 14.3. The number of aliphatic hydroxyl groups excluding tert-OH is 2. The summed E-state index contributed by atoms with van der Waals surface area (Å²) in [5, 5.41) is 23.6. The van der Waals surface area contributed by atoms with Crippen molar-refractivity contribution >= 4 is 11.9 Å². The lowest BCUT2D eigenvalue weighted by molar-refractivity contribution is -0.148. The van der Waals surface area contributed by atoms with Gasteiger partial charge < -0.3 is 20.3 Å². The molecule has 0 saturated carbocycles. The number of esters is 1. The summed E-state index contributed by atoms with van der Waals surface area (Å²) in [5.74, 6) is -0.592. The Labute approximate surface area is 348 Å². The number of aliphatic hydroxyl groups is 2. The van der Waals surface area contributed by atoms with E-state index < -0.39 is 18.2 Å². The van der Waals surface area contributed by atoms with Crippen LogP contribution in [-0.4, -0.2) is 46.9 Å². The molecule has 0 saturated heterocycles. The van der Waals surface area contributed by atoms with Crippen LogP contribution in [0.4, 0.5) is 0 Å². The van der Waals surface area contributed by atoms with E-state index in [1.165, 1.54) is 167 Å². The number of rotatable bonds is 44. The molecule has 56 heavy (non-hydrogen) atoms. The van der Waals surface area contributed by atoms with Gasteiger partial charge in [-0.15, -0.1) is 0 Å². The molecular formula is C50H95NO5. The SMILES string of the molecule is CCCCCCCC/C=C\C/C=C/C(CC(=O)NC(CO)C(O)CCCCCCCCCCCCCCCC)OC(=O)CCCCCCCCCCCCCC. The van der Waals surface area contributed by atoms with Crippen molar-refractivity contribution < 1.29 is 24.5 Å². The van der Waals surface area contributed by atoms with Crippen molar-refractivity contribution in [3.05, 3.63) is 24.3 Å². The predicted molar refractivity (Wildman–Crippen MR) is 241 cm³/mol. The fourth-order valence-corrected chi connectivity index (χ4v) is 7.51. The van der Waals surface area contributed by atoms with Crippen molar-refractivity contribution in [2.75, 3.05) is 6.61 Å². The zero-order valence-corrected chi connectivity index (χ0v) is 37.5. The summed E-state index contributed by atoms with van der Waals surface area (Å²) in [7, 11) is 0. The lowest BCUT2D eigenvalue weighted by Gasteiger charge is -2.23. The van der Waals surface area contributed by atoms with Gasteiger partial charge in [0.15, 0.2) is 0 Å². The van der Waals surface area contributed by atoms with Crippen LogP contribution in [0, 0.1) is 0 Å². The zero-order valence-electron chi connectivity index (χ0n) is 37.5. The van der Waals surface area contributed by atoms with Crippen LogP contribution < -0.4 is 5.32 Å². The Kier molecular flexibility index (Phi) is 43.1. The van der Waals surface area contributed by atoms with Gasteiger partial charge in [-0.05, 0) is 38.2 Å². The molecular weight excluding hydrogens is 695 g/mol. The second-order valence-corrected chi connectivity index (χ2v) is 16.9. The van der Waals surface area contributed by atoms with Gasteiger partial charge in [-0.2, -0.15) is 0 Å². The van der Waals surface area contributed by atoms with Crippen molar-refractivity contribution in [1.29, 1.82) is 0 Å². The van der Waals surface area contributed by atoms with Crippen LogP contribution in [0.5, 0.6) is 0 Å². The normalized spacial score (nSPS) is 13.4. The van der Waals surface area contributed by atoms with E-state index in [-0.39, 0.29) is 24.9 Å². The Balaban J connectivity index is 4.59. The fourth-order valence-electron chi connectivity index (χ4n) is 7.51. The van der Waals surface area contributed by atoms with Crippen LogP contribution in [0.3, 0.4) is 0 Å². The summed E-state index contributed by atoms with van der Waals surface area (Å²) in [5.41, 5.74) is 0. The minimum atomic E-state index is -0.805. The van der Waals surface area contributed by atoms with Gasteiger partial charge in [-0.1, -0.05) is 232 Å². The van der Waals surface area contributed by atoms with Crippen molar-refractivity contribution in [3.63, 3.8) is 0 Å². The smallest absolute Gasteiger partial charge is 0.306 e. The highest BCUT2D eigenvalue weighted by molar-refractivity contribution is 5.78. The van der Waals surface area contributed by atoms with E-state index in [2.05, 4.69) is 38.2 Å². The third-order valence-electron chi connectivity index (χ3n) is 11.3. The van der Waals surface area contributed by atoms with Gasteiger partial charge in [-0.25, -0.2) is 0 Å². The monoisotopic (exact) mass is 790 g/mol. The number of unbranched alkanes of at least 4 members (excludes halogenated alkanes) is 30. The molecule has 0 radical (unpaired) electrons. The van der Waals surface area contributed by atoms with Gasteiger partial charge in [0.25, 0.3) is 0 Å². The average molecular weight is 790 g/mol. The molecule has 0 aromatic rings. The summed E-state index contributed by atoms with van der Waals surface area (Å²) in [6.07, 6.45) is 49.8. The molecule has 0 aromatic carbocycles. The maximum absolute atomic E-state index is 13.1. The number of allylic oxidation sites excluding steroid dienone is 3. The molecule has 6 heteroatoms. The molecule has 3 atom stereocenters. The summed E-state index contributed by atoms with van der Waals surface area (Å²) in [6, 6.07) is -0.726. The molecule has 6 nitrogen and oxygen atoms in total. The van der Waals surface area contributed by atoms with E-state index in [9.17, 15) is 19.8 Å². The highest BCUT2D eigenvalue weighted by Crippen LogP contribution is 2.16. The number of ether oxygens (including phenoxy) is 1. The molecule has 0 aromatic heterocycles. The van der Waals surface area contributed by atoms with E-state index in [4.69, 9.17) is 4.74 Å². The maximum atomic E-state index is 13.1. The van der Waals surface area contributed by atoms with Crippen LogP contribution in [0.1, 0.15) is 258 Å². The third kappa shape index (κ3) is 39.2. The highest BCUT2D eigenvalue weighted by atomic mass is 16.5. The molecule has 0 fully saturated rings.